The molecule has 30 heavy (non-hydrogen) atoms. The molecule has 0 bridgehead atoms. The Labute approximate surface area is 178 Å². The molecule has 0 radical (unpaired) electrons. The van der Waals surface area contributed by atoms with Gasteiger partial charge in [-0.2, -0.15) is 5.26 Å². The number of amides is 1. The summed E-state index contributed by atoms with van der Waals surface area (Å²) < 4.78 is 13.5. The normalized spacial score (nSPS) is 26.6. The average Bonchev–Trinajstić information content (AvgIpc) is 3.39. The Kier molecular flexibility index (Phi) is 8.21. The number of carbonyl (C=O) groups excluding carboxylic acids is 1. The van der Waals surface area contributed by atoms with Crippen LogP contribution in [0.1, 0.15) is 44.6 Å². The lowest BCUT2D eigenvalue weighted by molar-refractivity contribution is -0.130. The van der Waals surface area contributed by atoms with Crippen LogP contribution in [-0.4, -0.2) is 54.5 Å². The summed E-state index contributed by atoms with van der Waals surface area (Å²) in [6.07, 6.45) is 3.81. The molecule has 2 fully saturated rings. The zero-order chi connectivity index (χ0) is 21.3. The molecule has 1 N–H and O–H groups in total. The van der Waals surface area contributed by atoms with E-state index in [1.54, 1.807) is 0 Å². The Hall–Kier alpha value is -2.46. The Morgan fingerprint density at radius 1 is 1.33 bits per heavy atom. The molecule has 1 aliphatic heterocycles. The number of nitrogens with one attached hydrogen (secondary N) is 1. The third-order valence-electron chi connectivity index (χ3n) is 6.04. The van der Waals surface area contributed by atoms with Gasteiger partial charge in [-0.3, -0.25) is 4.79 Å². The number of benzene rings is 1. The third kappa shape index (κ3) is 6.27. The molecule has 1 amide bonds. The molecule has 0 spiro atoms. The Balaban J connectivity index is 1.33. The topological polar surface area (TPSA) is 77.7 Å². The molecule has 162 valence electrons. The molecular formula is C23H31FN4O2. The van der Waals surface area contributed by atoms with Gasteiger partial charge in [-0.05, 0) is 44.6 Å². The van der Waals surface area contributed by atoms with Crippen LogP contribution >= 0.6 is 0 Å². The average molecular weight is 415 g/mol. The molecule has 1 aromatic rings. The number of hydrogen-bond acceptors (Lipinski definition) is 5. The lowest BCUT2D eigenvalue weighted by Gasteiger charge is -2.21. The van der Waals surface area contributed by atoms with Crippen LogP contribution in [0.5, 0.6) is 0 Å². The van der Waals surface area contributed by atoms with Crippen LogP contribution < -0.4 is 5.32 Å². The number of likely N-dealkylation sites (tertiary alicyclic amines) is 1. The molecule has 6 nitrogen and oxygen atoms in total. The number of rotatable bonds is 9. The second-order valence-corrected chi connectivity index (χ2v) is 8.27. The first-order valence-electron chi connectivity index (χ1n) is 10.8. The third-order valence-corrected chi connectivity index (χ3v) is 6.04. The van der Waals surface area contributed by atoms with Gasteiger partial charge in [0, 0.05) is 18.4 Å². The number of hydrogen-bond donors (Lipinski definition) is 1. The fourth-order valence-electron chi connectivity index (χ4n) is 4.27. The first kappa shape index (κ1) is 22.2. The predicted molar refractivity (Wildman–Crippen MR) is 114 cm³/mol. The van der Waals surface area contributed by atoms with Gasteiger partial charge < -0.3 is 15.1 Å². The van der Waals surface area contributed by atoms with E-state index in [0.29, 0.717) is 12.5 Å². The minimum atomic E-state index is -1.10. The van der Waals surface area contributed by atoms with E-state index in [4.69, 9.17) is 10.1 Å². The molecular weight excluding hydrogens is 383 g/mol. The van der Waals surface area contributed by atoms with E-state index in [9.17, 15) is 9.18 Å². The van der Waals surface area contributed by atoms with E-state index in [0.717, 1.165) is 37.8 Å². The second-order valence-electron chi connectivity index (χ2n) is 8.27. The molecule has 1 aromatic carbocycles. The van der Waals surface area contributed by atoms with Gasteiger partial charge in [0.25, 0.3) is 0 Å². The molecule has 0 aromatic heterocycles. The minimum Gasteiger partial charge on any atom is -0.396 e. The van der Waals surface area contributed by atoms with Gasteiger partial charge in [-0.15, -0.1) is 0 Å². The maximum Gasteiger partial charge on any atom is 0.237 e. The van der Waals surface area contributed by atoms with Crippen LogP contribution in [0.2, 0.25) is 0 Å². The summed E-state index contributed by atoms with van der Waals surface area (Å²) in [6, 6.07) is 11.9. The van der Waals surface area contributed by atoms with Crippen LogP contribution in [0, 0.1) is 17.2 Å². The lowest BCUT2D eigenvalue weighted by atomic mass is 10.0. The monoisotopic (exact) mass is 414 g/mol. The van der Waals surface area contributed by atoms with Crippen LogP contribution in [0.15, 0.2) is 35.5 Å². The first-order chi connectivity index (χ1) is 14.6. The van der Waals surface area contributed by atoms with E-state index in [2.05, 4.69) is 22.6 Å². The quantitative estimate of drug-likeness (QED) is 0.382. The molecule has 0 unspecified atom stereocenters. The Bertz CT molecular complexity index is 764. The van der Waals surface area contributed by atoms with E-state index >= 15 is 0 Å². The lowest BCUT2D eigenvalue weighted by Crippen LogP contribution is -2.43. The molecule has 1 saturated heterocycles. The summed E-state index contributed by atoms with van der Waals surface area (Å²) in [6.45, 7) is 2.77. The SMILES string of the molecule is C/C(=N\OCCCc1ccccc1)[C@H]1CC[C@@H](NCC(=O)N2C[C@@H](F)C[C@H]2C#N)C1. The zero-order valence-electron chi connectivity index (χ0n) is 17.6. The summed E-state index contributed by atoms with van der Waals surface area (Å²) in [5.74, 6) is 0.151. The van der Waals surface area contributed by atoms with Crippen molar-refractivity contribution in [2.45, 2.75) is 63.7 Å². The zero-order valence-corrected chi connectivity index (χ0v) is 17.6. The van der Waals surface area contributed by atoms with Gasteiger partial charge in [-0.25, -0.2) is 4.39 Å². The number of alkyl halides is 1. The molecule has 7 heteroatoms. The van der Waals surface area contributed by atoms with Crippen molar-refractivity contribution in [3.8, 4) is 6.07 Å². The van der Waals surface area contributed by atoms with Gasteiger partial charge >= 0.3 is 0 Å². The molecule has 1 heterocycles. The van der Waals surface area contributed by atoms with E-state index in [1.807, 2.05) is 31.2 Å². The summed E-state index contributed by atoms with van der Waals surface area (Å²) in [4.78, 5) is 19.2. The predicted octanol–water partition coefficient (Wildman–Crippen LogP) is 3.23. The number of oxime groups is 1. The first-order valence-corrected chi connectivity index (χ1v) is 10.8. The minimum absolute atomic E-state index is 0.0272. The summed E-state index contributed by atoms with van der Waals surface area (Å²) in [5.41, 5.74) is 2.30. The van der Waals surface area contributed by atoms with Gasteiger partial charge in [0.15, 0.2) is 0 Å². The molecule has 1 aliphatic carbocycles. The van der Waals surface area contributed by atoms with Crippen molar-refractivity contribution in [2.24, 2.45) is 11.1 Å². The van der Waals surface area contributed by atoms with Crippen molar-refractivity contribution in [2.75, 3.05) is 19.7 Å². The van der Waals surface area contributed by atoms with E-state index in [-0.39, 0.29) is 31.5 Å². The largest absolute Gasteiger partial charge is 0.396 e. The van der Waals surface area contributed by atoms with Gasteiger partial charge in [0.1, 0.15) is 18.8 Å². The molecule has 4 atom stereocenters. The smallest absolute Gasteiger partial charge is 0.237 e. The highest BCUT2D eigenvalue weighted by molar-refractivity contribution is 5.84. The highest BCUT2D eigenvalue weighted by atomic mass is 19.1. The van der Waals surface area contributed by atoms with Crippen molar-refractivity contribution in [1.29, 1.82) is 5.26 Å². The van der Waals surface area contributed by atoms with Crippen LogP contribution in [0.3, 0.4) is 0 Å². The molecule has 2 aliphatic rings. The number of nitrogens with zero attached hydrogens (tertiary/aromatic N) is 3. The number of carbonyl (C=O) groups is 1. The number of halogens is 1. The van der Waals surface area contributed by atoms with Gasteiger partial charge in [-0.1, -0.05) is 35.5 Å². The Morgan fingerprint density at radius 2 is 2.13 bits per heavy atom. The number of aryl methyl sites for hydroxylation is 1. The fourth-order valence-corrected chi connectivity index (χ4v) is 4.27. The Morgan fingerprint density at radius 3 is 2.90 bits per heavy atom. The van der Waals surface area contributed by atoms with Crippen molar-refractivity contribution < 1.29 is 14.0 Å². The van der Waals surface area contributed by atoms with Crippen molar-refractivity contribution in [3.05, 3.63) is 35.9 Å². The maximum atomic E-state index is 13.5. The second kappa shape index (κ2) is 11.1. The molecule has 1 saturated carbocycles. The van der Waals surface area contributed by atoms with Crippen molar-refractivity contribution in [1.82, 2.24) is 10.2 Å². The van der Waals surface area contributed by atoms with Crippen LogP contribution in [-0.2, 0) is 16.1 Å². The summed E-state index contributed by atoms with van der Waals surface area (Å²) in [7, 11) is 0. The van der Waals surface area contributed by atoms with E-state index < -0.39 is 12.2 Å². The molecule has 3 rings (SSSR count). The van der Waals surface area contributed by atoms with E-state index in [1.165, 1.54) is 10.5 Å². The van der Waals surface area contributed by atoms with Crippen molar-refractivity contribution in [3.63, 3.8) is 0 Å². The summed E-state index contributed by atoms with van der Waals surface area (Å²) >= 11 is 0. The maximum absolute atomic E-state index is 13.5. The van der Waals surface area contributed by atoms with Gasteiger partial charge in [0.05, 0.1) is 24.9 Å². The van der Waals surface area contributed by atoms with Crippen molar-refractivity contribution >= 4 is 11.6 Å². The summed E-state index contributed by atoms with van der Waals surface area (Å²) in [5, 5.41) is 16.7. The fraction of sp³-hybridized carbons (Fsp3) is 0.609. The van der Waals surface area contributed by atoms with Crippen LogP contribution in [0.4, 0.5) is 4.39 Å². The highest BCUT2D eigenvalue weighted by Crippen LogP contribution is 2.27. The number of nitriles is 1. The van der Waals surface area contributed by atoms with Crippen LogP contribution in [0.25, 0.3) is 0 Å². The highest BCUT2D eigenvalue weighted by Gasteiger charge is 2.35. The standard InChI is InChI=1S/C23H31FN4O2/c1-17(27-30-11-5-8-18-6-3-2-4-7-18)19-9-10-21(12-19)26-15-23(29)28-16-20(24)13-22(28)14-25/h2-4,6-7,19-22,26H,5,8-13,15-16H2,1H3/b27-17+/t19-,20-,21+,22-/m0/s1. The van der Waals surface area contributed by atoms with Gasteiger partial charge in [0.2, 0.25) is 5.91 Å².